The zero-order chi connectivity index (χ0) is 8.48. The number of carbonyl (C=O) groups excluding carboxylic acids is 1. The third-order valence-corrected chi connectivity index (χ3v) is 2.72. The standard InChI is InChI=1S/C9H16O2/c1-4-9(7(2)3)6-5-8(10)11-9/h7H,4-6H2,1-3H3. The van der Waals surface area contributed by atoms with Gasteiger partial charge in [0.1, 0.15) is 5.60 Å². The van der Waals surface area contributed by atoms with Gasteiger partial charge in [-0.15, -0.1) is 0 Å². The van der Waals surface area contributed by atoms with Gasteiger partial charge in [0.2, 0.25) is 0 Å². The molecule has 1 aliphatic heterocycles. The molecule has 0 aromatic heterocycles. The molecule has 0 saturated carbocycles. The fourth-order valence-electron chi connectivity index (χ4n) is 1.71. The van der Waals surface area contributed by atoms with Crippen LogP contribution in [0.15, 0.2) is 0 Å². The molecule has 1 heterocycles. The Labute approximate surface area is 67.9 Å². The molecular weight excluding hydrogens is 140 g/mol. The molecule has 0 radical (unpaired) electrons. The third kappa shape index (κ3) is 1.39. The molecule has 0 N–H and O–H groups in total. The van der Waals surface area contributed by atoms with E-state index in [1.54, 1.807) is 0 Å². The van der Waals surface area contributed by atoms with Crippen molar-refractivity contribution in [1.82, 2.24) is 0 Å². The van der Waals surface area contributed by atoms with Gasteiger partial charge in [-0.2, -0.15) is 0 Å². The van der Waals surface area contributed by atoms with Crippen LogP contribution in [0.4, 0.5) is 0 Å². The largest absolute Gasteiger partial charge is 0.459 e. The van der Waals surface area contributed by atoms with Crippen LogP contribution in [0.25, 0.3) is 0 Å². The number of cyclic esters (lactones) is 1. The summed E-state index contributed by atoms with van der Waals surface area (Å²) in [6, 6.07) is 0. The van der Waals surface area contributed by atoms with Crippen LogP contribution < -0.4 is 0 Å². The van der Waals surface area contributed by atoms with E-state index in [2.05, 4.69) is 20.8 Å². The maximum absolute atomic E-state index is 10.9. The molecule has 1 unspecified atom stereocenters. The van der Waals surface area contributed by atoms with Crippen molar-refractivity contribution in [3.05, 3.63) is 0 Å². The number of hydrogen-bond donors (Lipinski definition) is 0. The summed E-state index contributed by atoms with van der Waals surface area (Å²) in [4.78, 5) is 10.9. The van der Waals surface area contributed by atoms with E-state index >= 15 is 0 Å². The molecular formula is C9H16O2. The van der Waals surface area contributed by atoms with E-state index in [-0.39, 0.29) is 11.6 Å². The molecule has 2 heteroatoms. The molecule has 64 valence electrons. The highest BCUT2D eigenvalue weighted by Gasteiger charge is 2.41. The molecule has 1 aliphatic rings. The SMILES string of the molecule is CCC1(C(C)C)CCC(=O)O1. The smallest absolute Gasteiger partial charge is 0.306 e. The minimum absolute atomic E-state index is 0.0273. The molecule has 11 heavy (non-hydrogen) atoms. The second-order valence-electron chi connectivity index (χ2n) is 3.55. The van der Waals surface area contributed by atoms with E-state index in [9.17, 15) is 4.79 Å². The summed E-state index contributed by atoms with van der Waals surface area (Å²) >= 11 is 0. The minimum Gasteiger partial charge on any atom is -0.459 e. The summed E-state index contributed by atoms with van der Waals surface area (Å²) in [7, 11) is 0. The van der Waals surface area contributed by atoms with Crippen molar-refractivity contribution >= 4 is 5.97 Å². The highest BCUT2D eigenvalue weighted by Crippen LogP contribution is 2.36. The van der Waals surface area contributed by atoms with Gasteiger partial charge in [-0.05, 0) is 18.8 Å². The van der Waals surface area contributed by atoms with E-state index < -0.39 is 0 Å². The van der Waals surface area contributed by atoms with Gasteiger partial charge < -0.3 is 4.74 Å². The van der Waals surface area contributed by atoms with E-state index in [1.807, 2.05) is 0 Å². The van der Waals surface area contributed by atoms with Gasteiger partial charge in [0, 0.05) is 6.42 Å². The first-order chi connectivity index (χ1) is 5.10. The van der Waals surface area contributed by atoms with Crippen molar-refractivity contribution in [2.24, 2.45) is 5.92 Å². The Kier molecular flexibility index (Phi) is 2.21. The first-order valence-corrected chi connectivity index (χ1v) is 4.32. The summed E-state index contributed by atoms with van der Waals surface area (Å²) in [5.74, 6) is 0.416. The molecule has 0 amide bonds. The van der Waals surface area contributed by atoms with Crippen LogP contribution in [0.2, 0.25) is 0 Å². The van der Waals surface area contributed by atoms with Gasteiger partial charge in [0.25, 0.3) is 0 Å². The predicted octanol–water partition coefficient (Wildman–Crippen LogP) is 2.13. The number of carbonyl (C=O) groups is 1. The van der Waals surface area contributed by atoms with Gasteiger partial charge >= 0.3 is 5.97 Å². The molecule has 1 atom stereocenters. The number of esters is 1. The van der Waals surface area contributed by atoms with Crippen LogP contribution in [0.3, 0.4) is 0 Å². The van der Waals surface area contributed by atoms with Crippen LogP contribution in [-0.4, -0.2) is 11.6 Å². The van der Waals surface area contributed by atoms with Gasteiger partial charge in [0.05, 0.1) is 0 Å². The van der Waals surface area contributed by atoms with E-state index in [0.29, 0.717) is 12.3 Å². The summed E-state index contributed by atoms with van der Waals surface area (Å²) in [5, 5.41) is 0. The highest BCUT2D eigenvalue weighted by atomic mass is 16.6. The van der Waals surface area contributed by atoms with Crippen LogP contribution in [0.5, 0.6) is 0 Å². The molecule has 0 aliphatic carbocycles. The van der Waals surface area contributed by atoms with Crippen LogP contribution >= 0.6 is 0 Å². The predicted molar refractivity (Wildman–Crippen MR) is 43.2 cm³/mol. The summed E-state index contributed by atoms with van der Waals surface area (Å²) in [6.07, 6.45) is 2.45. The first kappa shape index (κ1) is 8.57. The second-order valence-corrected chi connectivity index (χ2v) is 3.55. The second kappa shape index (κ2) is 2.84. The topological polar surface area (TPSA) is 26.3 Å². The van der Waals surface area contributed by atoms with Crippen LogP contribution in [-0.2, 0) is 9.53 Å². The fraction of sp³-hybridized carbons (Fsp3) is 0.889. The molecule has 1 saturated heterocycles. The minimum atomic E-state index is -0.142. The zero-order valence-electron chi connectivity index (χ0n) is 7.52. The van der Waals surface area contributed by atoms with Crippen molar-refractivity contribution in [2.45, 2.75) is 45.6 Å². The Bertz CT molecular complexity index is 163. The Morgan fingerprint density at radius 2 is 2.27 bits per heavy atom. The van der Waals surface area contributed by atoms with E-state index in [0.717, 1.165) is 12.8 Å². The lowest BCUT2D eigenvalue weighted by molar-refractivity contribution is -0.152. The van der Waals surface area contributed by atoms with Crippen molar-refractivity contribution < 1.29 is 9.53 Å². The molecule has 0 aromatic carbocycles. The maximum Gasteiger partial charge on any atom is 0.306 e. The summed E-state index contributed by atoms with van der Waals surface area (Å²) in [5.41, 5.74) is -0.142. The number of rotatable bonds is 2. The molecule has 1 fully saturated rings. The van der Waals surface area contributed by atoms with Gasteiger partial charge in [-0.3, -0.25) is 4.79 Å². The van der Waals surface area contributed by atoms with Gasteiger partial charge in [-0.1, -0.05) is 20.8 Å². The van der Waals surface area contributed by atoms with Crippen molar-refractivity contribution in [3.63, 3.8) is 0 Å². The van der Waals surface area contributed by atoms with Crippen molar-refractivity contribution in [3.8, 4) is 0 Å². The summed E-state index contributed by atoms with van der Waals surface area (Å²) < 4.78 is 5.32. The number of ether oxygens (including phenoxy) is 1. The quantitative estimate of drug-likeness (QED) is 0.572. The first-order valence-electron chi connectivity index (χ1n) is 4.32. The van der Waals surface area contributed by atoms with Crippen LogP contribution in [0.1, 0.15) is 40.0 Å². The lowest BCUT2D eigenvalue weighted by Gasteiger charge is -2.30. The zero-order valence-corrected chi connectivity index (χ0v) is 7.52. The maximum atomic E-state index is 10.9. The Morgan fingerprint density at radius 1 is 1.64 bits per heavy atom. The molecule has 2 nitrogen and oxygen atoms in total. The van der Waals surface area contributed by atoms with Crippen molar-refractivity contribution in [1.29, 1.82) is 0 Å². The summed E-state index contributed by atoms with van der Waals surface area (Å²) in [6.45, 7) is 6.31. The Morgan fingerprint density at radius 3 is 2.45 bits per heavy atom. The lowest BCUT2D eigenvalue weighted by Crippen LogP contribution is -2.33. The lowest BCUT2D eigenvalue weighted by atomic mass is 9.85. The van der Waals surface area contributed by atoms with Crippen LogP contribution in [0, 0.1) is 5.92 Å². The van der Waals surface area contributed by atoms with Gasteiger partial charge in [-0.25, -0.2) is 0 Å². The Hall–Kier alpha value is -0.530. The third-order valence-electron chi connectivity index (χ3n) is 2.72. The monoisotopic (exact) mass is 156 g/mol. The van der Waals surface area contributed by atoms with Crippen molar-refractivity contribution in [2.75, 3.05) is 0 Å². The molecule has 0 bridgehead atoms. The average Bonchev–Trinajstić information content (AvgIpc) is 2.33. The van der Waals surface area contributed by atoms with E-state index in [1.165, 1.54) is 0 Å². The Balaban J connectivity index is 2.70. The fourth-order valence-corrected chi connectivity index (χ4v) is 1.71. The highest BCUT2D eigenvalue weighted by molar-refractivity contribution is 5.72. The normalized spacial score (nSPS) is 31.1. The molecule has 0 aromatic rings. The van der Waals surface area contributed by atoms with E-state index in [4.69, 9.17) is 4.74 Å². The molecule has 0 spiro atoms. The van der Waals surface area contributed by atoms with Gasteiger partial charge in [0.15, 0.2) is 0 Å². The molecule has 1 rings (SSSR count). The number of hydrogen-bond acceptors (Lipinski definition) is 2. The average molecular weight is 156 g/mol.